The maximum Gasteiger partial charge on any atom is 0.253 e. The topological polar surface area (TPSA) is 75.4 Å². The third-order valence-electron chi connectivity index (χ3n) is 4.01. The quantitative estimate of drug-likeness (QED) is 0.884. The molecular formula is C16H24ClN3O2. The van der Waals surface area contributed by atoms with Crippen molar-refractivity contribution in [3.8, 4) is 0 Å². The number of carbonyl (C=O) groups excluding carboxylic acids is 2. The molecule has 2 amide bonds. The van der Waals surface area contributed by atoms with Crippen molar-refractivity contribution in [2.24, 2.45) is 5.73 Å². The molecule has 5 nitrogen and oxygen atoms in total. The van der Waals surface area contributed by atoms with Gasteiger partial charge in [-0.3, -0.25) is 9.59 Å². The van der Waals surface area contributed by atoms with Gasteiger partial charge in [0.1, 0.15) is 0 Å². The first-order valence-corrected chi connectivity index (χ1v) is 7.30. The van der Waals surface area contributed by atoms with Gasteiger partial charge in [0.15, 0.2) is 0 Å². The normalized spacial score (nSPS) is 15.8. The van der Waals surface area contributed by atoms with Crippen LogP contribution in [0.3, 0.4) is 0 Å². The van der Waals surface area contributed by atoms with E-state index in [-0.39, 0.29) is 24.2 Å². The summed E-state index contributed by atoms with van der Waals surface area (Å²) < 4.78 is 0. The van der Waals surface area contributed by atoms with Gasteiger partial charge in [-0.1, -0.05) is 25.0 Å². The minimum absolute atomic E-state index is 0. The lowest BCUT2D eigenvalue weighted by Crippen LogP contribution is -2.51. The molecule has 6 heteroatoms. The molecule has 0 aromatic heterocycles. The number of nitrogens with zero attached hydrogens (tertiary/aromatic N) is 1. The first-order chi connectivity index (χ1) is 9.92. The lowest BCUT2D eigenvalue weighted by Gasteiger charge is -2.22. The minimum Gasteiger partial charge on any atom is -0.350 e. The molecule has 0 unspecified atom stereocenters. The van der Waals surface area contributed by atoms with Crippen LogP contribution in [0, 0.1) is 0 Å². The molecule has 0 aliphatic heterocycles. The highest BCUT2D eigenvalue weighted by molar-refractivity contribution is 5.93. The van der Waals surface area contributed by atoms with Gasteiger partial charge in [0.05, 0.1) is 5.54 Å². The Kier molecular flexibility index (Phi) is 6.38. The summed E-state index contributed by atoms with van der Waals surface area (Å²) in [5.74, 6) is -0.106. The summed E-state index contributed by atoms with van der Waals surface area (Å²) in [5, 5.41) is 2.89. The Morgan fingerprint density at radius 1 is 1.18 bits per heavy atom. The Morgan fingerprint density at radius 3 is 2.23 bits per heavy atom. The van der Waals surface area contributed by atoms with Crippen molar-refractivity contribution in [2.45, 2.75) is 37.8 Å². The summed E-state index contributed by atoms with van der Waals surface area (Å²) in [6.45, 7) is 0.439. The van der Waals surface area contributed by atoms with E-state index in [1.807, 2.05) is 12.1 Å². The molecule has 0 radical (unpaired) electrons. The summed E-state index contributed by atoms with van der Waals surface area (Å²) in [6.07, 6.45) is 3.56. The van der Waals surface area contributed by atoms with Gasteiger partial charge in [0, 0.05) is 26.2 Å². The molecule has 1 saturated carbocycles. The summed E-state index contributed by atoms with van der Waals surface area (Å²) in [6, 6.07) is 7.26. The molecule has 0 heterocycles. The van der Waals surface area contributed by atoms with Gasteiger partial charge in [0.25, 0.3) is 5.91 Å². The molecule has 1 aromatic rings. The van der Waals surface area contributed by atoms with Crippen LogP contribution in [0.2, 0.25) is 0 Å². The van der Waals surface area contributed by atoms with Gasteiger partial charge < -0.3 is 16.0 Å². The standard InChI is InChI=1S/C16H23N3O2.ClH/c1-19(2)14(20)13-7-5-12(6-8-13)11-18-15(21)16(17)9-3-4-10-16;/h5-8H,3-4,9-11,17H2,1-2H3,(H,18,21);1H. The monoisotopic (exact) mass is 325 g/mol. The summed E-state index contributed by atoms with van der Waals surface area (Å²) >= 11 is 0. The Balaban J connectivity index is 0.00000242. The predicted molar refractivity (Wildman–Crippen MR) is 88.9 cm³/mol. The van der Waals surface area contributed by atoms with Crippen molar-refractivity contribution < 1.29 is 9.59 Å². The third kappa shape index (κ3) is 4.21. The van der Waals surface area contributed by atoms with Crippen LogP contribution in [0.4, 0.5) is 0 Å². The van der Waals surface area contributed by atoms with Crippen LogP contribution in [0.25, 0.3) is 0 Å². The van der Waals surface area contributed by atoms with Crippen LogP contribution in [0.15, 0.2) is 24.3 Å². The van der Waals surface area contributed by atoms with Crippen LogP contribution in [0.1, 0.15) is 41.6 Å². The average Bonchev–Trinajstić information content (AvgIpc) is 2.92. The second kappa shape index (κ2) is 7.61. The number of amides is 2. The first kappa shape index (κ1) is 18.5. The number of hydrogen-bond donors (Lipinski definition) is 2. The van der Waals surface area contributed by atoms with Crippen molar-refractivity contribution in [1.82, 2.24) is 10.2 Å². The lowest BCUT2D eigenvalue weighted by atomic mass is 9.98. The number of hydrogen-bond acceptors (Lipinski definition) is 3. The number of halogens is 1. The second-order valence-electron chi connectivity index (χ2n) is 5.94. The van der Waals surface area contributed by atoms with Gasteiger partial charge in [-0.05, 0) is 30.5 Å². The molecule has 122 valence electrons. The molecule has 22 heavy (non-hydrogen) atoms. The zero-order valence-corrected chi connectivity index (χ0v) is 13.9. The van der Waals surface area contributed by atoms with Gasteiger partial charge >= 0.3 is 0 Å². The zero-order chi connectivity index (χ0) is 15.5. The molecule has 0 atom stereocenters. The highest BCUT2D eigenvalue weighted by Crippen LogP contribution is 2.27. The molecule has 0 saturated heterocycles. The van der Waals surface area contributed by atoms with Gasteiger partial charge in [-0.25, -0.2) is 0 Å². The number of benzene rings is 1. The Bertz CT molecular complexity index is 523. The summed E-state index contributed by atoms with van der Waals surface area (Å²) in [5.41, 5.74) is 7.01. The molecule has 1 aromatic carbocycles. The van der Waals surface area contributed by atoms with Gasteiger partial charge in [0.2, 0.25) is 5.91 Å². The maximum absolute atomic E-state index is 12.1. The molecule has 1 aliphatic carbocycles. The highest BCUT2D eigenvalue weighted by atomic mass is 35.5. The minimum atomic E-state index is -0.694. The first-order valence-electron chi connectivity index (χ1n) is 7.30. The fourth-order valence-electron chi connectivity index (χ4n) is 2.61. The van der Waals surface area contributed by atoms with Crippen molar-refractivity contribution in [2.75, 3.05) is 14.1 Å². The number of rotatable bonds is 4. The molecule has 0 spiro atoms. The summed E-state index contributed by atoms with van der Waals surface area (Å²) in [7, 11) is 3.44. The fourth-order valence-corrected chi connectivity index (χ4v) is 2.61. The average molecular weight is 326 g/mol. The SMILES string of the molecule is CN(C)C(=O)c1ccc(CNC(=O)C2(N)CCCC2)cc1.Cl. The maximum atomic E-state index is 12.1. The van der Waals surface area contributed by atoms with Crippen LogP contribution in [0.5, 0.6) is 0 Å². The summed E-state index contributed by atoms with van der Waals surface area (Å²) in [4.78, 5) is 25.4. The van der Waals surface area contributed by atoms with E-state index in [0.717, 1.165) is 31.2 Å². The van der Waals surface area contributed by atoms with Crippen LogP contribution in [-0.2, 0) is 11.3 Å². The van der Waals surface area contributed by atoms with Gasteiger partial charge in [-0.15, -0.1) is 12.4 Å². The van der Waals surface area contributed by atoms with E-state index in [2.05, 4.69) is 5.32 Å². The van der Waals surface area contributed by atoms with E-state index in [1.54, 1.807) is 26.2 Å². The zero-order valence-electron chi connectivity index (χ0n) is 13.1. The van der Waals surface area contributed by atoms with Crippen molar-refractivity contribution in [1.29, 1.82) is 0 Å². The van der Waals surface area contributed by atoms with E-state index < -0.39 is 5.54 Å². The van der Waals surface area contributed by atoms with E-state index in [4.69, 9.17) is 5.73 Å². The van der Waals surface area contributed by atoms with Crippen LogP contribution < -0.4 is 11.1 Å². The second-order valence-corrected chi connectivity index (χ2v) is 5.94. The van der Waals surface area contributed by atoms with E-state index >= 15 is 0 Å². The lowest BCUT2D eigenvalue weighted by molar-refractivity contribution is -0.126. The molecule has 1 fully saturated rings. The number of nitrogens with two attached hydrogens (primary N) is 1. The van der Waals surface area contributed by atoms with E-state index in [0.29, 0.717) is 12.1 Å². The van der Waals surface area contributed by atoms with E-state index in [1.165, 1.54) is 4.90 Å². The Hall–Kier alpha value is -1.59. The Morgan fingerprint density at radius 2 is 1.73 bits per heavy atom. The molecule has 2 rings (SSSR count). The number of nitrogens with one attached hydrogen (secondary N) is 1. The Labute approximate surface area is 137 Å². The van der Waals surface area contributed by atoms with Crippen LogP contribution >= 0.6 is 12.4 Å². The van der Waals surface area contributed by atoms with Crippen LogP contribution in [-0.4, -0.2) is 36.3 Å². The van der Waals surface area contributed by atoms with Crippen molar-refractivity contribution >= 4 is 24.2 Å². The largest absolute Gasteiger partial charge is 0.350 e. The van der Waals surface area contributed by atoms with Crippen molar-refractivity contribution in [3.63, 3.8) is 0 Å². The number of carbonyl (C=O) groups is 2. The fraction of sp³-hybridized carbons (Fsp3) is 0.500. The molecule has 1 aliphatic rings. The van der Waals surface area contributed by atoms with Crippen molar-refractivity contribution in [3.05, 3.63) is 35.4 Å². The predicted octanol–water partition coefficient (Wildman–Crippen LogP) is 1.70. The van der Waals surface area contributed by atoms with E-state index in [9.17, 15) is 9.59 Å². The third-order valence-corrected chi connectivity index (χ3v) is 4.01. The smallest absolute Gasteiger partial charge is 0.253 e. The molecule has 3 N–H and O–H groups in total. The van der Waals surface area contributed by atoms with Gasteiger partial charge in [-0.2, -0.15) is 0 Å². The highest BCUT2D eigenvalue weighted by Gasteiger charge is 2.36. The molecular weight excluding hydrogens is 302 g/mol. The molecule has 0 bridgehead atoms.